The van der Waals surface area contributed by atoms with E-state index in [1.165, 1.54) is 11.1 Å². The molecule has 0 spiro atoms. The van der Waals surface area contributed by atoms with Crippen LogP contribution in [0.4, 0.5) is 0 Å². The molecular formula is C26H23O2S3+. The van der Waals surface area contributed by atoms with Crippen LogP contribution in [0.2, 0.25) is 0 Å². The molecule has 0 unspecified atom stereocenters. The van der Waals surface area contributed by atoms with Gasteiger partial charge in [0.05, 0.1) is 17.7 Å². The van der Waals surface area contributed by atoms with Crippen LogP contribution in [0.5, 0.6) is 0 Å². The van der Waals surface area contributed by atoms with E-state index in [0.29, 0.717) is 0 Å². The summed E-state index contributed by atoms with van der Waals surface area (Å²) >= 11 is 8.84. The molecule has 2 nitrogen and oxygen atoms in total. The lowest BCUT2D eigenvalue weighted by atomic mass is 10.2. The van der Waals surface area contributed by atoms with Crippen LogP contribution in [0.1, 0.15) is 9.84 Å². The minimum absolute atomic E-state index is 0. The van der Waals surface area contributed by atoms with Crippen molar-refractivity contribution in [3.8, 4) is 48.1 Å². The van der Waals surface area contributed by atoms with Crippen molar-refractivity contribution in [1.82, 2.24) is 0 Å². The number of benzene rings is 1. The summed E-state index contributed by atoms with van der Waals surface area (Å²) in [6, 6.07) is 10.4. The second-order valence-electron chi connectivity index (χ2n) is 5.22. The topological polar surface area (TPSA) is 26.3 Å². The van der Waals surface area contributed by atoms with Crippen LogP contribution in [0.3, 0.4) is 0 Å². The van der Waals surface area contributed by atoms with Crippen LogP contribution in [-0.4, -0.2) is 15.3 Å². The van der Waals surface area contributed by atoms with Gasteiger partial charge in [-0.15, -0.1) is 29.9 Å². The van der Waals surface area contributed by atoms with Crippen LogP contribution in [-0.2, 0) is 15.3 Å². The predicted molar refractivity (Wildman–Crippen MR) is 143 cm³/mol. The Morgan fingerprint density at radius 2 is 1.87 bits per heavy atom. The zero-order chi connectivity index (χ0) is 22.6. The molecule has 1 aliphatic rings. The van der Waals surface area contributed by atoms with E-state index in [1.807, 2.05) is 24.3 Å². The van der Waals surface area contributed by atoms with Gasteiger partial charge < -0.3 is 4.74 Å². The van der Waals surface area contributed by atoms with Crippen molar-refractivity contribution in [3.63, 3.8) is 0 Å². The Balaban J connectivity index is -0.000000545. The molecule has 0 radical (unpaired) electrons. The molecule has 1 aliphatic carbocycles. The summed E-state index contributed by atoms with van der Waals surface area (Å²) < 4.78 is 5.29. The Kier molecular flexibility index (Phi) is 14.4. The number of esters is 1. The molecule has 0 fully saturated rings. The van der Waals surface area contributed by atoms with Gasteiger partial charge in [0.15, 0.2) is 0 Å². The lowest BCUT2D eigenvalue weighted by Gasteiger charge is -2.03. The van der Waals surface area contributed by atoms with E-state index in [0.717, 1.165) is 21.1 Å². The highest BCUT2D eigenvalue weighted by molar-refractivity contribution is 8.47. The smallest absolute Gasteiger partial charge is 0.344 e. The number of hydrogen-bond acceptors (Lipinski definition) is 5. The van der Waals surface area contributed by atoms with E-state index in [-0.39, 0.29) is 4.28 Å². The van der Waals surface area contributed by atoms with Gasteiger partial charge in [0.2, 0.25) is 0 Å². The fraction of sp³-hybridized carbons (Fsp3) is 0.0769. The van der Waals surface area contributed by atoms with Crippen LogP contribution >= 0.6 is 35.7 Å². The van der Waals surface area contributed by atoms with Crippen molar-refractivity contribution < 1.29 is 13.8 Å². The molecular weight excluding hydrogens is 440 g/mol. The van der Waals surface area contributed by atoms with Crippen molar-refractivity contribution in [1.29, 1.82) is 0 Å². The molecule has 0 aromatic heterocycles. The summed E-state index contributed by atoms with van der Waals surface area (Å²) in [6.07, 6.45) is 18.9. The van der Waals surface area contributed by atoms with Crippen LogP contribution in [0, 0.1) is 54.1 Å². The third-order valence-electron chi connectivity index (χ3n) is 3.03. The van der Waals surface area contributed by atoms with Gasteiger partial charge in [-0.2, -0.15) is 0 Å². The Morgan fingerprint density at radius 3 is 2.55 bits per heavy atom. The Bertz CT molecular complexity index is 1100. The molecule has 0 saturated heterocycles. The molecule has 0 N–H and O–H groups in total. The highest BCUT2D eigenvalue weighted by Gasteiger charge is 2.06. The van der Waals surface area contributed by atoms with Gasteiger partial charge in [0.25, 0.3) is 0 Å². The first-order valence-corrected chi connectivity index (χ1v) is 11.1. The van der Waals surface area contributed by atoms with Crippen LogP contribution in [0.15, 0.2) is 72.9 Å². The maximum Gasteiger partial charge on any atom is 0.344 e. The van der Waals surface area contributed by atoms with Gasteiger partial charge in [-0.05, 0) is 23.3 Å². The molecule has 2 rings (SSSR count). The highest BCUT2D eigenvalue weighted by Crippen LogP contribution is 2.24. The van der Waals surface area contributed by atoms with Gasteiger partial charge in [0, 0.05) is 45.7 Å². The van der Waals surface area contributed by atoms with Gasteiger partial charge in [-0.3, -0.25) is 0 Å². The number of carbonyl (C=O) groups excluding carboxylic acids is 1. The summed E-state index contributed by atoms with van der Waals surface area (Å²) in [5.74, 6) is 14.8. The maximum atomic E-state index is 10.4. The molecule has 0 saturated carbocycles. The minimum Gasteiger partial charge on any atom is -0.368 e. The summed E-state index contributed by atoms with van der Waals surface area (Å²) in [5.41, 5.74) is 2.61. The number of terminal acetylenes is 1. The van der Waals surface area contributed by atoms with E-state index in [9.17, 15) is 4.79 Å². The highest BCUT2D eigenvalue weighted by atomic mass is 32.2. The number of rotatable bonds is 5. The Morgan fingerprint density at radius 1 is 1.16 bits per heavy atom. The van der Waals surface area contributed by atoms with Crippen molar-refractivity contribution in [2.45, 2.75) is 5.75 Å². The second kappa shape index (κ2) is 17.4. The monoisotopic (exact) mass is 463 g/mol. The van der Waals surface area contributed by atoms with Crippen molar-refractivity contribution >= 4 is 45.2 Å². The molecule has 0 atom stereocenters. The van der Waals surface area contributed by atoms with Crippen molar-refractivity contribution in [3.05, 3.63) is 84.5 Å². The number of hydrogen-bond donors (Lipinski definition) is 0. The summed E-state index contributed by atoms with van der Waals surface area (Å²) in [6.45, 7) is 3.18. The molecule has 1 aromatic rings. The van der Waals surface area contributed by atoms with Crippen molar-refractivity contribution in [2.24, 2.45) is 0 Å². The first-order chi connectivity index (χ1) is 15.2. The number of thiocarbonyl (C=S) groups is 1. The first kappa shape index (κ1) is 25.6. The van der Waals surface area contributed by atoms with Gasteiger partial charge >= 0.3 is 5.97 Å². The zero-order valence-electron chi connectivity index (χ0n) is 16.5. The molecule has 0 aliphatic heterocycles. The molecule has 156 valence electrons. The summed E-state index contributed by atoms with van der Waals surface area (Å²) in [7, 11) is 0. The maximum absolute atomic E-state index is 10.4. The molecule has 1 aromatic carbocycles. The number of carbonyl (C=O) groups is 1. The standard InChI is InChI=1S/C15H13S3.C11H4O2.3H2/c16-15(17-11-13-7-3-1-4-8-13)18-12-14-9-5-2-6-10-14;1-3-5-6-7-8-9-10-13-11(12)4-2;;;/h1,3-10H,11-12H2;1,4H,2H2;3*1H/q+1;;;;. The van der Waals surface area contributed by atoms with E-state index in [2.05, 4.69) is 89.3 Å². The van der Waals surface area contributed by atoms with Crippen LogP contribution in [0.25, 0.3) is 0 Å². The number of allylic oxidation sites excluding steroid dienone is 5. The van der Waals surface area contributed by atoms with E-state index in [4.69, 9.17) is 18.6 Å². The third-order valence-corrected chi connectivity index (χ3v) is 5.88. The summed E-state index contributed by atoms with van der Waals surface area (Å²) in [5, 5.41) is 0. The average molecular weight is 464 g/mol. The third kappa shape index (κ3) is 14.3. The van der Waals surface area contributed by atoms with E-state index in [1.54, 1.807) is 23.5 Å². The predicted octanol–water partition coefficient (Wildman–Crippen LogP) is 5.85. The normalized spacial score (nSPS) is 9.71. The Labute approximate surface area is 202 Å². The second-order valence-corrected chi connectivity index (χ2v) is 8.37. The van der Waals surface area contributed by atoms with Gasteiger partial charge in [-0.1, -0.05) is 49.1 Å². The summed E-state index contributed by atoms with van der Waals surface area (Å²) in [4.78, 5) is 10.4. The lowest BCUT2D eigenvalue weighted by molar-refractivity contribution is -0.131. The largest absolute Gasteiger partial charge is 0.368 e. The first-order valence-electron chi connectivity index (χ1n) is 8.73. The van der Waals surface area contributed by atoms with Gasteiger partial charge in [-0.25, -0.2) is 4.79 Å². The minimum atomic E-state index is -0.621. The molecule has 0 heterocycles. The molecule has 0 bridgehead atoms. The Hall–Kier alpha value is -3.41. The molecule has 0 amide bonds. The van der Waals surface area contributed by atoms with Crippen molar-refractivity contribution in [2.75, 3.05) is 5.75 Å². The number of ether oxygens (including phenoxy) is 1. The molecule has 31 heavy (non-hydrogen) atoms. The quantitative estimate of drug-likeness (QED) is 0.179. The fourth-order valence-electron chi connectivity index (χ4n) is 1.69. The lowest BCUT2D eigenvalue weighted by Crippen LogP contribution is -1.91. The average Bonchev–Trinajstić information content (AvgIpc) is 2.82. The zero-order valence-corrected chi connectivity index (χ0v) is 19.0. The van der Waals surface area contributed by atoms with E-state index < -0.39 is 5.97 Å². The van der Waals surface area contributed by atoms with E-state index >= 15 is 0 Å². The van der Waals surface area contributed by atoms with Crippen LogP contribution < -0.4 is 0 Å². The molecule has 5 heteroatoms. The number of thioether (sulfide) groups is 2. The SMILES string of the molecule is C#CC#CC#CC#COC(=O)C=C.S=C(SCC1=CC=[C+]C=C1)SCc1ccccc1.[HH].[HH].[HH]. The van der Waals surface area contributed by atoms with Gasteiger partial charge in [0.1, 0.15) is 21.8 Å². The fourth-order valence-corrected chi connectivity index (χ4v) is 3.69.